The molecule has 1 aliphatic rings. The van der Waals surface area contributed by atoms with Gasteiger partial charge in [-0.15, -0.1) is 0 Å². The number of hydrogen-bond donors (Lipinski definition) is 1. The molecule has 0 saturated carbocycles. The molecule has 4 heteroatoms. The van der Waals surface area contributed by atoms with E-state index in [1.807, 2.05) is 12.1 Å². The Labute approximate surface area is 105 Å². The van der Waals surface area contributed by atoms with Crippen LogP contribution in [0.25, 0.3) is 0 Å². The number of ether oxygens (including phenoxy) is 1. The van der Waals surface area contributed by atoms with Gasteiger partial charge < -0.3 is 9.84 Å². The first kappa shape index (κ1) is 12.2. The highest BCUT2D eigenvalue weighted by Crippen LogP contribution is 2.36. The van der Waals surface area contributed by atoms with Crippen molar-refractivity contribution in [2.75, 3.05) is 13.2 Å². The third kappa shape index (κ3) is 2.51. The van der Waals surface area contributed by atoms with Crippen LogP contribution in [0.5, 0.6) is 0 Å². The Morgan fingerprint density at radius 2 is 1.94 bits per heavy atom. The quantitative estimate of drug-likeness (QED) is 0.883. The third-order valence-electron chi connectivity index (χ3n) is 3.01. The lowest BCUT2D eigenvalue weighted by Gasteiger charge is -2.27. The van der Waals surface area contributed by atoms with Crippen LogP contribution in [0.3, 0.4) is 0 Å². The fraction of sp³-hybridized carbons (Fsp3) is 0.500. The number of halogens is 2. The number of aliphatic hydroxyl groups excluding tert-OH is 1. The molecule has 0 bridgehead atoms. The van der Waals surface area contributed by atoms with E-state index in [1.54, 1.807) is 6.07 Å². The summed E-state index contributed by atoms with van der Waals surface area (Å²) in [6.45, 7) is 1.42. The number of hydrogen-bond acceptors (Lipinski definition) is 2. The predicted octanol–water partition coefficient (Wildman–Crippen LogP) is 3.45. The standard InChI is InChI=1S/C12H14Cl2O2/c13-10-3-1-2-9(11(10)14)12(15)8-4-6-16-7-5-8/h1-3,8,12,15H,4-7H2. The lowest BCUT2D eigenvalue weighted by Crippen LogP contribution is -2.22. The molecular formula is C12H14Cl2O2. The van der Waals surface area contributed by atoms with E-state index in [-0.39, 0.29) is 5.92 Å². The van der Waals surface area contributed by atoms with Crippen molar-refractivity contribution < 1.29 is 9.84 Å². The first-order valence-electron chi connectivity index (χ1n) is 5.40. The van der Waals surface area contributed by atoms with E-state index in [0.29, 0.717) is 23.3 Å². The molecule has 16 heavy (non-hydrogen) atoms. The van der Waals surface area contributed by atoms with Crippen molar-refractivity contribution in [2.45, 2.75) is 18.9 Å². The van der Waals surface area contributed by atoms with E-state index in [2.05, 4.69) is 0 Å². The zero-order chi connectivity index (χ0) is 11.5. The topological polar surface area (TPSA) is 29.5 Å². The molecule has 1 saturated heterocycles. The average Bonchev–Trinajstić information content (AvgIpc) is 2.33. The highest BCUT2D eigenvalue weighted by molar-refractivity contribution is 6.42. The Bertz CT molecular complexity index is 362. The summed E-state index contributed by atoms with van der Waals surface area (Å²) in [5, 5.41) is 11.2. The molecular weight excluding hydrogens is 247 g/mol. The summed E-state index contributed by atoms with van der Waals surface area (Å²) in [4.78, 5) is 0. The molecule has 0 radical (unpaired) electrons. The minimum absolute atomic E-state index is 0.213. The predicted molar refractivity (Wildman–Crippen MR) is 65.0 cm³/mol. The maximum Gasteiger partial charge on any atom is 0.0834 e. The Morgan fingerprint density at radius 1 is 1.25 bits per heavy atom. The minimum Gasteiger partial charge on any atom is -0.388 e. The van der Waals surface area contributed by atoms with Crippen LogP contribution in [-0.4, -0.2) is 18.3 Å². The molecule has 1 heterocycles. The Balaban J connectivity index is 2.19. The van der Waals surface area contributed by atoms with Crippen molar-refractivity contribution >= 4 is 23.2 Å². The van der Waals surface area contributed by atoms with Gasteiger partial charge in [-0.05, 0) is 24.8 Å². The van der Waals surface area contributed by atoms with Gasteiger partial charge in [0.1, 0.15) is 0 Å². The van der Waals surface area contributed by atoms with Gasteiger partial charge in [0.15, 0.2) is 0 Å². The summed E-state index contributed by atoms with van der Waals surface area (Å²) in [5.74, 6) is 0.213. The monoisotopic (exact) mass is 260 g/mol. The van der Waals surface area contributed by atoms with Crippen LogP contribution >= 0.6 is 23.2 Å². The summed E-state index contributed by atoms with van der Waals surface area (Å²) in [5.41, 5.74) is 0.723. The van der Waals surface area contributed by atoms with Gasteiger partial charge in [-0.25, -0.2) is 0 Å². The molecule has 1 aromatic rings. The molecule has 1 N–H and O–H groups in total. The van der Waals surface area contributed by atoms with Gasteiger partial charge in [0.05, 0.1) is 16.1 Å². The maximum absolute atomic E-state index is 10.3. The third-order valence-corrected chi connectivity index (χ3v) is 3.85. The molecule has 0 spiro atoms. The van der Waals surface area contributed by atoms with Gasteiger partial charge >= 0.3 is 0 Å². The zero-order valence-electron chi connectivity index (χ0n) is 8.83. The van der Waals surface area contributed by atoms with Crippen molar-refractivity contribution in [1.29, 1.82) is 0 Å². The first-order valence-corrected chi connectivity index (χ1v) is 6.15. The average molecular weight is 261 g/mol. The molecule has 1 unspecified atom stereocenters. The fourth-order valence-electron chi connectivity index (χ4n) is 2.03. The normalized spacial score (nSPS) is 19.7. The molecule has 0 aromatic heterocycles. The van der Waals surface area contributed by atoms with Gasteiger partial charge in [-0.1, -0.05) is 35.3 Å². The highest BCUT2D eigenvalue weighted by atomic mass is 35.5. The molecule has 2 nitrogen and oxygen atoms in total. The summed E-state index contributed by atoms with van der Waals surface area (Å²) in [7, 11) is 0. The Hall–Kier alpha value is -0.280. The van der Waals surface area contributed by atoms with Gasteiger partial charge in [0.25, 0.3) is 0 Å². The van der Waals surface area contributed by atoms with Crippen molar-refractivity contribution in [2.24, 2.45) is 5.92 Å². The summed E-state index contributed by atoms with van der Waals surface area (Å²) in [6, 6.07) is 5.37. The Kier molecular flexibility index (Phi) is 4.09. The van der Waals surface area contributed by atoms with Crippen LogP contribution in [0.4, 0.5) is 0 Å². The van der Waals surface area contributed by atoms with E-state index in [4.69, 9.17) is 27.9 Å². The second-order valence-corrected chi connectivity index (χ2v) is 4.82. The van der Waals surface area contributed by atoms with Gasteiger partial charge in [-0.2, -0.15) is 0 Å². The Morgan fingerprint density at radius 3 is 2.62 bits per heavy atom. The van der Waals surface area contributed by atoms with Gasteiger partial charge in [-0.3, -0.25) is 0 Å². The van der Waals surface area contributed by atoms with Crippen molar-refractivity contribution in [1.82, 2.24) is 0 Å². The second-order valence-electron chi connectivity index (χ2n) is 4.04. The molecule has 1 fully saturated rings. The summed E-state index contributed by atoms with van der Waals surface area (Å²) >= 11 is 12.0. The van der Waals surface area contributed by atoms with E-state index in [0.717, 1.165) is 18.4 Å². The van der Waals surface area contributed by atoms with Gasteiger partial charge in [0, 0.05) is 18.8 Å². The summed E-state index contributed by atoms with van der Waals surface area (Å²) in [6.07, 6.45) is 1.18. The van der Waals surface area contributed by atoms with Crippen LogP contribution in [0, 0.1) is 5.92 Å². The lowest BCUT2D eigenvalue weighted by atomic mass is 9.89. The molecule has 1 atom stereocenters. The molecule has 88 valence electrons. The minimum atomic E-state index is -0.546. The smallest absolute Gasteiger partial charge is 0.0834 e. The SMILES string of the molecule is OC(c1cccc(Cl)c1Cl)C1CCOCC1. The molecule has 0 aliphatic carbocycles. The van der Waals surface area contributed by atoms with Crippen molar-refractivity contribution in [3.8, 4) is 0 Å². The van der Waals surface area contributed by atoms with Crippen LogP contribution in [0.15, 0.2) is 18.2 Å². The number of aliphatic hydroxyl groups is 1. The van der Waals surface area contributed by atoms with Crippen molar-refractivity contribution in [3.05, 3.63) is 33.8 Å². The first-order chi connectivity index (χ1) is 7.70. The molecule has 1 aromatic carbocycles. The van der Waals surface area contributed by atoms with E-state index in [1.165, 1.54) is 0 Å². The van der Waals surface area contributed by atoms with Gasteiger partial charge in [0.2, 0.25) is 0 Å². The second kappa shape index (κ2) is 5.37. The van der Waals surface area contributed by atoms with E-state index >= 15 is 0 Å². The van der Waals surface area contributed by atoms with Crippen LogP contribution in [0.2, 0.25) is 10.0 Å². The van der Waals surface area contributed by atoms with E-state index < -0.39 is 6.10 Å². The van der Waals surface area contributed by atoms with E-state index in [9.17, 15) is 5.11 Å². The van der Waals surface area contributed by atoms with Crippen molar-refractivity contribution in [3.63, 3.8) is 0 Å². The van der Waals surface area contributed by atoms with Crippen LogP contribution in [0.1, 0.15) is 24.5 Å². The van der Waals surface area contributed by atoms with Crippen LogP contribution in [-0.2, 0) is 4.74 Å². The number of rotatable bonds is 2. The molecule has 0 amide bonds. The maximum atomic E-state index is 10.3. The lowest BCUT2D eigenvalue weighted by molar-refractivity contribution is 0.00722. The zero-order valence-corrected chi connectivity index (χ0v) is 10.3. The largest absolute Gasteiger partial charge is 0.388 e. The fourth-order valence-corrected chi connectivity index (χ4v) is 2.45. The highest BCUT2D eigenvalue weighted by Gasteiger charge is 2.25. The molecule has 2 rings (SSSR count). The van der Waals surface area contributed by atoms with Crippen LogP contribution < -0.4 is 0 Å². The number of benzene rings is 1. The summed E-state index contributed by atoms with van der Waals surface area (Å²) < 4.78 is 5.27. The molecule has 1 aliphatic heterocycles.